The minimum Gasteiger partial charge on any atom is -0.309 e. The van der Waals surface area contributed by atoms with Crippen LogP contribution in [0.1, 0.15) is 41.5 Å². The molecule has 1 aliphatic rings. The van der Waals surface area contributed by atoms with E-state index < -0.39 is 10.0 Å². The van der Waals surface area contributed by atoms with Gasteiger partial charge in [-0.2, -0.15) is 4.31 Å². The Morgan fingerprint density at radius 3 is 2.48 bits per heavy atom. The van der Waals surface area contributed by atoms with Crippen LogP contribution < -0.4 is 5.32 Å². The molecule has 1 saturated heterocycles. The van der Waals surface area contributed by atoms with Gasteiger partial charge in [0.2, 0.25) is 16.0 Å². The van der Waals surface area contributed by atoms with Crippen molar-refractivity contribution < 1.29 is 8.42 Å². The number of sulfonamides is 1. The van der Waals surface area contributed by atoms with E-state index in [1.807, 2.05) is 68.4 Å². The van der Waals surface area contributed by atoms with Crippen molar-refractivity contribution in [3.05, 3.63) is 77.2 Å². The minimum absolute atomic E-state index is 0.0991. The Hall–Kier alpha value is -2.84. The molecule has 0 spiro atoms. The normalized spacial score (nSPS) is 17.0. The summed E-state index contributed by atoms with van der Waals surface area (Å²) in [5, 5.41) is 3.15. The Morgan fingerprint density at radius 2 is 1.74 bits per heavy atom. The number of anilines is 2. The fourth-order valence-electron chi connectivity index (χ4n) is 3.98. The van der Waals surface area contributed by atoms with Crippen molar-refractivity contribution in [3.8, 4) is 0 Å². The number of rotatable bonds is 7. The number of hydrogen-bond donors (Lipinski definition) is 1. The van der Waals surface area contributed by atoms with E-state index in [1.165, 1.54) is 0 Å². The first-order chi connectivity index (χ1) is 14.9. The van der Waals surface area contributed by atoms with Crippen LogP contribution in [-0.2, 0) is 16.4 Å². The maximum Gasteiger partial charge on any atom is 0.228 e. The van der Waals surface area contributed by atoms with E-state index in [9.17, 15) is 8.42 Å². The van der Waals surface area contributed by atoms with Gasteiger partial charge in [-0.25, -0.2) is 23.4 Å². The first kappa shape index (κ1) is 21.4. The zero-order valence-corrected chi connectivity index (χ0v) is 18.6. The van der Waals surface area contributed by atoms with Crippen molar-refractivity contribution in [1.82, 2.24) is 19.3 Å². The fourth-order valence-corrected chi connectivity index (χ4v) is 5.72. The molecule has 3 aromatic rings. The maximum atomic E-state index is 13.1. The van der Waals surface area contributed by atoms with Crippen LogP contribution in [0.3, 0.4) is 0 Å². The maximum absolute atomic E-state index is 13.1. The van der Waals surface area contributed by atoms with E-state index in [-0.39, 0.29) is 11.8 Å². The molecule has 3 heterocycles. The molecule has 162 valence electrons. The third kappa shape index (κ3) is 5.26. The number of aryl methyl sites for hydroxylation is 3. The monoisotopic (exact) mass is 437 g/mol. The van der Waals surface area contributed by atoms with Crippen LogP contribution in [0.2, 0.25) is 0 Å². The average Bonchev–Trinajstić information content (AvgIpc) is 3.24. The van der Waals surface area contributed by atoms with Crippen LogP contribution in [0, 0.1) is 13.8 Å². The predicted molar refractivity (Wildman–Crippen MR) is 122 cm³/mol. The number of hydrogen-bond acceptors (Lipinski definition) is 6. The molecule has 1 fully saturated rings. The second kappa shape index (κ2) is 9.11. The Labute approximate surface area is 183 Å². The second-order valence-corrected chi connectivity index (χ2v) is 9.91. The van der Waals surface area contributed by atoms with E-state index in [0.29, 0.717) is 24.7 Å². The number of pyridine rings is 1. The molecular formula is C23H27N5O2S. The van der Waals surface area contributed by atoms with Crippen LogP contribution >= 0.6 is 0 Å². The fraction of sp³-hybridized carbons (Fsp3) is 0.348. The van der Waals surface area contributed by atoms with E-state index in [0.717, 1.165) is 35.5 Å². The lowest BCUT2D eigenvalue weighted by Crippen LogP contribution is -2.33. The summed E-state index contributed by atoms with van der Waals surface area (Å²) in [6, 6.07) is 17.0. The van der Waals surface area contributed by atoms with E-state index in [4.69, 9.17) is 4.98 Å². The summed E-state index contributed by atoms with van der Waals surface area (Å²) in [7, 11) is -3.39. The zero-order valence-electron chi connectivity index (χ0n) is 17.8. The summed E-state index contributed by atoms with van der Waals surface area (Å²) in [6.07, 6.45) is 2.10. The van der Waals surface area contributed by atoms with Crippen molar-refractivity contribution in [2.45, 2.75) is 39.2 Å². The van der Waals surface area contributed by atoms with E-state index in [2.05, 4.69) is 15.3 Å². The summed E-state index contributed by atoms with van der Waals surface area (Å²) in [5.41, 5.74) is 3.52. The number of benzene rings is 1. The molecule has 0 saturated carbocycles. The molecular weight excluding hydrogens is 410 g/mol. The Morgan fingerprint density at radius 1 is 1.00 bits per heavy atom. The molecule has 1 aliphatic heterocycles. The molecule has 2 aromatic heterocycles. The highest BCUT2D eigenvalue weighted by Crippen LogP contribution is 2.34. The van der Waals surface area contributed by atoms with Crippen LogP contribution in [-0.4, -0.2) is 40.0 Å². The highest BCUT2D eigenvalue weighted by molar-refractivity contribution is 7.89. The van der Waals surface area contributed by atoms with Gasteiger partial charge in [0.25, 0.3) is 0 Å². The van der Waals surface area contributed by atoms with E-state index in [1.54, 1.807) is 4.31 Å². The SMILES string of the molecule is Cc1cc(C)nc(Nc2cccc(C3CCCN3S(=O)(=O)CCc3ccccc3)n2)n1. The average molecular weight is 438 g/mol. The van der Waals surface area contributed by atoms with Crippen molar-refractivity contribution in [2.75, 3.05) is 17.6 Å². The zero-order chi connectivity index (χ0) is 21.8. The lowest BCUT2D eigenvalue weighted by atomic mass is 10.1. The standard InChI is InChI=1S/C23H27N5O2S/c1-17-16-18(2)25-23(24-17)27-22-12-6-10-20(26-22)21-11-7-14-28(21)31(29,30)15-13-19-8-4-3-5-9-19/h3-6,8-10,12,16,21H,7,11,13-15H2,1-2H3,(H,24,25,26,27). The van der Waals surface area contributed by atoms with Gasteiger partial charge in [0, 0.05) is 17.9 Å². The molecule has 7 nitrogen and oxygen atoms in total. The topological polar surface area (TPSA) is 88.1 Å². The lowest BCUT2D eigenvalue weighted by Gasteiger charge is -2.24. The molecule has 1 aromatic carbocycles. The number of nitrogens with one attached hydrogen (secondary N) is 1. The molecule has 0 aliphatic carbocycles. The molecule has 1 unspecified atom stereocenters. The molecule has 1 N–H and O–H groups in total. The minimum atomic E-state index is -3.39. The van der Waals surface area contributed by atoms with Gasteiger partial charge in [0.1, 0.15) is 5.82 Å². The first-order valence-corrected chi connectivity index (χ1v) is 12.1. The van der Waals surface area contributed by atoms with Gasteiger partial charge in [-0.1, -0.05) is 36.4 Å². The summed E-state index contributed by atoms with van der Waals surface area (Å²) < 4.78 is 27.8. The second-order valence-electron chi connectivity index (χ2n) is 7.87. The van der Waals surface area contributed by atoms with Crippen molar-refractivity contribution in [1.29, 1.82) is 0 Å². The summed E-state index contributed by atoms with van der Waals surface area (Å²) in [5.74, 6) is 1.19. The van der Waals surface area contributed by atoms with Gasteiger partial charge >= 0.3 is 0 Å². The van der Waals surface area contributed by atoms with Crippen LogP contribution in [0.15, 0.2) is 54.6 Å². The number of nitrogens with zero attached hydrogens (tertiary/aromatic N) is 4. The first-order valence-electron chi connectivity index (χ1n) is 10.5. The van der Waals surface area contributed by atoms with Crippen molar-refractivity contribution in [2.24, 2.45) is 0 Å². The van der Waals surface area contributed by atoms with Crippen LogP contribution in [0.4, 0.5) is 11.8 Å². The van der Waals surface area contributed by atoms with Gasteiger partial charge in [-0.05, 0) is 56.9 Å². The smallest absolute Gasteiger partial charge is 0.228 e. The third-order valence-corrected chi connectivity index (χ3v) is 7.26. The highest BCUT2D eigenvalue weighted by atomic mass is 32.2. The highest BCUT2D eigenvalue weighted by Gasteiger charge is 2.35. The Kier molecular flexibility index (Phi) is 6.29. The van der Waals surface area contributed by atoms with Crippen molar-refractivity contribution >= 4 is 21.8 Å². The molecule has 4 rings (SSSR count). The lowest BCUT2D eigenvalue weighted by molar-refractivity contribution is 0.390. The predicted octanol–water partition coefficient (Wildman–Crippen LogP) is 3.94. The van der Waals surface area contributed by atoms with Gasteiger partial charge < -0.3 is 5.32 Å². The molecule has 0 radical (unpaired) electrons. The van der Waals surface area contributed by atoms with Crippen LogP contribution in [0.25, 0.3) is 0 Å². The molecule has 0 bridgehead atoms. The van der Waals surface area contributed by atoms with Gasteiger partial charge in [-0.3, -0.25) is 0 Å². The largest absolute Gasteiger partial charge is 0.309 e. The summed E-state index contributed by atoms with van der Waals surface area (Å²) in [4.78, 5) is 13.5. The Balaban J connectivity index is 1.51. The number of aromatic nitrogens is 3. The van der Waals surface area contributed by atoms with Gasteiger partial charge in [-0.15, -0.1) is 0 Å². The summed E-state index contributed by atoms with van der Waals surface area (Å²) >= 11 is 0. The van der Waals surface area contributed by atoms with Crippen molar-refractivity contribution in [3.63, 3.8) is 0 Å². The molecule has 8 heteroatoms. The van der Waals surface area contributed by atoms with Crippen LogP contribution in [0.5, 0.6) is 0 Å². The van der Waals surface area contributed by atoms with Gasteiger partial charge in [0.15, 0.2) is 0 Å². The third-order valence-electron chi connectivity index (χ3n) is 5.39. The quantitative estimate of drug-likeness (QED) is 0.602. The summed E-state index contributed by atoms with van der Waals surface area (Å²) in [6.45, 7) is 4.36. The van der Waals surface area contributed by atoms with Gasteiger partial charge in [0.05, 0.1) is 17.5 Å². The van der Waals surface area contributed by atoms with E-state index >= 15 is 0 Å². The Bertz CT molecular complexity index is 1130. The molecule has 0 amide bonds. The molecule has 1 atom stereocenters. The molecule has 31 heavy (non-hydrogen) atoms.